The highest BCUT2D eigenvalue weighted by atomic mass is 32.2. The maximum atomic E-state index is 11.9. The van der Waals surface area contributed by atoms with E-state index in [9.17, 15) is 8.42 Å². The lowest BCUT2D eigenvalue weighted by molar-refractivity contribution is 0.122. The molecule has 0 aliphatic carbocycles. The van der Waals surface area contributed by atoms with E-state index in [0.29, 0.717) is 10.5 Å². The Hall–Kier alpha value is -0.910. The molecule has 4 nitrogen and oxygen atoms in total. The van der Waals surface area contributed by atoms with Gasteiger partial charge in [0.15, 0.2) is 9.84 Å². The van der Waals surface area contributed by atoms with Crippen LogP contribution in [0.5, 0.6) is 0 Å². The van der Waals surface area contributed by atoms with Crippen LogP contribution in [0.15, 0.2) is 23.1 Å². The van der Waals surface area contributed by atoms with Gasteiger partial charge < -0.3 is 0 Å². The Morgan fingerprint density at radius 3 is 2.93 bits per heavy atom. The van der Waals surface area contributed by atoms with Crippen molar-refractivity contribution < 1.29 is 13.3 Å². The molecule has 1 aromatic carbocycles. The monoisotopic (exact) mass is 227 g/mol. The van der Waals surface area contributed by atoms with Gasteiger partial charge in [0, 0.05) is 0 Å². The van der Waals surface area contributed by atoms with Crippen LogP contribution in [0, 0.1) is 0 Å². The second kappa shape index (κ2) is 3.59. The summed E-state index contributed by atoms with van der Waals surface area (Å²) in [5.41, 5.74) is 1.53. The van der Waals surface area contributed by atoms with Crippen LogP contribution in [0.1, 0.15) is 24.0 Å². The summed E-state index contributed by atoms with van der Waals surface area (Å²) < 4.78 is 23.7. The van der Waals surface area contributed by atoms with E-state index < -0.39 is 9.84 Å². The summed E-state index contributed by atoms with van der Waals surface area (Å²) in [5, 5.41) is 0. The van der Waals surface area contributed by atoms with Gasteiger partial charge in [0.25, 0.3) is 0 Å². The Morgan fingerprint density at radius 1 is 1.53 bits per heavy atom. The van der Waals surface area contributed by atoms with Gasteiger partial charge >= 0.3 is 0 Å². The first kappa shape index (κ1) is 10.6. The molecule has 1 aromatic rings. The summed E-state index contributed by atoms with van der Waals surface area (Å²) in [7, 11) is -3.14. The van der Waals surface area contributed by atoms with Crippen LogP contribution in [0.25, 0.3) is 0 Å². The van der Waals surface area contributed by atoms with E-state index in [0.717, 1.165) is 5.56 Å². The average Bonchev–Trinajstić information content (AvgIpc) is 2.39. The quantitative estimate of drug-likeness (QED) is 0.764. The number of sulfone groups is 1. The van der Waals surface area contributed by atoms with Gasteiger partial charge in [0.1, 0.15) is 0 Å². The third-order valence-electron chi connectivity index (χ3n) is 2.68. The topological polar surface area (TPSA) is 69.4 Å². The third-order valence-corrected chi connectivity index (χ3v) is 4.74. The minimum atomic E-state index is -3.14. The fraction of sp³-hybridized carbons (Fsp3) is 0.400. The van der Waals surface area contributed by atoms with Crippen LogP contribution in [0.3, 0.4) is 0 Å². The number of nitrogens with two attached hydrogens (primary N) is 1. The molecule has 1 atom stereocenters. The van der Waals surface area contributed by atoms with Gasteiger partial charge in [-0.05, 0) is 17.0 Å². The van der Waals surface area contributed by atoms with E-state index in [2.05, 4.69) is 4.84 Å². The SMILES string of the molecule is CC1CS(=O)(=O)c2c(CON)cccc21. The fourth-order valence-corrected chi connectivity index (χ4v) is 4.24. The van der Waals surface area contributed by atoms with Crippen LogP contribution < -0.4 is 5.90 Å². The summed E-state index contributed by atoms with van der Waals surface area (Å²) in [5.74, 6) is 5.23. The summed E-state index contributed by atoms with van der Waals surface area (Å²) >= 11 is 0. The molecule has 0 saturated carbocycles. The van der Waals surface area contributed by atoms with Crippen LogP contribution in [-0.4, -0.2) is 14.2 Å². The Kier molecular flexibility index (Phi) is 2.54. The molecule has 0 amide bonds. The average molecular weight is 227 g/mol. The van der Waals surface area contributed by atoms with Crippen molar-refractivity contribution in [2.75, 3.05) is 5.75 Å². The zero-order chi connectivity index (χ0) is 11.1. The Morgan fingerprint density at radius 2 is 2.27 bits per heavy atom. The van der Waals surface area contributed by atoms with Gasteiger partial charge in [0.05, 0.1) is 17.3 Å². The Labute approximate surface area is 88.9 Å². The van der Waals surface area contributed by atoms with Crippen molar-refractivity contribution in [3.8, 4) is 0 Å². The molecule has 0 fully saturated rings. The molecule has 2 N–H and O–H groups in total. The summed E-state index contributed by atoms with van der Waals surface area (Å²) in [6, 6.07) is 5.43. The Bertz CT molecular complexity index is 481. The molecular formula is C10H13NO3S. The third kappa shape index (κ3) is 1.67. The maximum Gasteiger partial charge on any atom is 0.179 e. The van der Waals surface area contributed by atoms with E-state index in [1.807, 2.05) is 19.1 Å². The number of rotatable bonds is 2. The molecule has 1 aliphatic heterocycles. The molecule has 1 unspecified atom stereocenters. The lowest BCUT2D eigenvalue weighted by atomic mass is 10.0. The zero-order valence-electron chi connectivity index (χ0n) is 8.43. The van der Waals surface area contributed by atoms with Crippen LogP contribution in [0.4, 0.5) is 0 Å². The van der Waals surface area contributed by atoms with E-state index in [1.54, 1.807) is 6.07 Å². The fourth-order valence-electron chi connectivity index (χ4n) is 2.08. The predicted molar refractivity (Wildman–Crippen MR) is 55.9 cm³/mol. The summed E-state index contributed by atoms with van der Waals surface area (Å²) in [4.78, 5) is 4.94. The molecule has 0 aromatic heterocycles. The second-order valence-corrected chi connectivity index (χ2v) is 5.80. The largest absolute Gasteiger partial charge is 0.300 e. The summed E-state index contributed by atoms with van der Waals surface area (Å²) in [6.07, 6.45) is 0. The van der Waals surface area contributed by atoms with Crippen molar-refractivity contribution in [2.24, 2.45) is 5.90 Å². The van der Waals surface area contributed by atoms with Gasteiger partial charge in [-0.2, -0.15) is 0 Å². The zero-order valence-corrected chi connectivity index (χ0v) is 9.25. The van der Waals surface area contributed by atoms with Gasteiger partial charge in [-0.25, -0.2) is 14.3 Å². The molecule has 0 spiro atoms. The van der Waals surface area contributed by atoms with Crippen LogP contribution in [-0.2, 0) is 21.3 Å². The first-order valence-electron chi connectivity index (χ1n) is 4.72. The van der Waals surface area contributed by atoms with Crippen molar-refractivity contribution in [1.29, 1.82) is 0 Å². The smallest absolute Gasteiger partial charge is 0.179 e. The number of hydrogen-bond donors (Lipinski definition) is 1. The van der Waals surface area contributed by atoms with Gasteiger partial charge in [0.2, 0.25) is 0 Å². The van der Waals surface area contributed by atoms with E-state index in [4.69, 9.17) is 5.90 Å². The highest BCUT2D eigenvalue weighted by Crippen LogP contribution is 2.36. The van der Waals surface area contributed by atoms with Gasteiger partial charge in [-0.1, -0.05) is 25.1 Å². The lowest BCUT2D eigenvalue weighted by Gasteiger charge is -2.06. The van der Waals surface area contributed by atoms with E-state index in [1.165, 1.54) is 0 Å². The lowest BCUT2D eigenvalue weighted by Crippen LogP contribution is -2.06. The number of benzene rings is 1. The normalized spacial score (nSPS) is 22.7. The molecule has 15 heavy (non-hydrogen) atoms. The number of fused-ring (bicyclic) bond motifs is 1. The minimum absolute atomic E-state index is 0.0581. The van der Waals surface area contributed by atoms with Crippen molar-refractivity contribution in [1.82, 2.24) is 0 Å². The first-order valence-corrected chi connectivity index (χ1v) is 6.37. The van der Waals surface area contributed by atoms with Crippen molar-refractivity contribution in [2.45, 2.75) is 24.3 Å². The molecule has 1 heterocycles. The first-order chi connectivity index (χ1) is 7.06. The minimum Gasteiger partial charge on any atom is -0.300 e. The molecular weight excluding hydrogens is 214 g/mol. The molecule has 0 radical (unpaired) electrons. The molecule has 0 saturated heterocycles. The standard InChI is InChI=1S/C10H13NO3S/c1-7-6-15(12,13)10-8(5-14-11)3-2-4-9(7)10/h2-4,7H,5-6,11H2,1H3. The molecule has 5 heteroatoms. The van der Waals surface area contributed by atoms with Crippen LogP contribution in [0.2, 0.25) is 0 Å². The van der Waals surface area contributed by atoms with Crippen molar-refractivity contribution in [3.63, 3.8) is 0 Å². The molecule has 82 valence electrons. The van der Waals surface area contributed by atoms with E-state index in [-0.39, 0.29) is 18.3 Å². The summed E-state index contributed by atoms with van der Waals surface area (Å²) in [6.45, 7) is 2.05. The van der Waals surface area contributed by atoms with Crippen molar-refractivity contribution >= 4 is 9.84 Å². The highest BCUT2D eigenvalue weighted by Gasteiger charge is 2.33. The van der Waals surface area contributed by atoms with Crippen molar-refractivity contribution in [3.05, 3.63) is 29.3 Å². The van der Waals surface area contributed by atoms with E-state index >= 15 is 0 Å². The van der Waals surface area contributed by atoms with Crippen LogP contribution >= 0.6 is 0 Å². The maximum absolute atomic E-state index is 11.9. The van der Waals surface area contributed by atoms with Gasteiger partial charge in [-0.3, -0.25) is 4.84 Å². The van der Waals surface area contributed by atoms with Gasteiger partial charge in [-0.15, -0.1) is 0 Å². The molecule has 2 rings (SSSR count). The predicted octanol–water partition coefficient (Wildman–Crippen LogP) is 0.968. The molecule has 0 bridgehead atoms. The highest BCUT2D eigenvalue weighted by molar-refractivity contribution is 7.91. The second-order valence-electron chi connectivity index (χ2n) is 3.83. The molecule has 1 aliphatic rings. The number of hydrogen-bond acceptors (Lipinski definition) is 4. The Balaban J connectivity index is 2.64.